The number of hydrogen-bond acceptors (Lipinski definition) is 0. The van der Waals surface area contributed by atoms with Crippen LogP contribution < -0.4 is 0 Å². The summed E-state index contributed by atoms with van der Waals surface area (Å²) in [5.41, 5.74) is 0. The molecule has 0 heterocycles. The van der Waals surface area contributed by atoms with E-state index < -0.39 is 6.17 Å². The average Bonchev–Trinajstić information content (AvgIpc) is 1.27. The van der Waals surface area contributed by atoms with E-state index >= 15 is 0 Å². The molecule has 0 saturated heterocycles. The van der Waals surface area contributed by atoms with Gasteiger partial charge in [-0.25, -0.2) is 4.39 Å². The van der Waals surface area contributed by atoms with E-state index in [9.17, 15) is 4.39 Å². The van der Waals surface area contributed by atoms with Crippen molar-refractivity contribution in [2.24, 2.45) is 5.92 Å². The van der Waals surface area contributed by atoms with Crippen LogP contribution in [0.4, 0.5) is 4.39 Å². The first-order valence-electron chi connectivity index (χ1n) is 2.77. The van der Waals surface area contributed by atoms with Gasteiger partial charge in [-0.1, -0.05) is 13.8 Å². The van der Waals surface area contributed by atoms with Crippen molar-refractivity contribution in [2.75, 3.05) is 0 Å². The van der Waals surface area contributed by atoms with E-state index in [1.807, 2.05) is 13.8 Å². The van der Waals surface area contributed by atoms with Crippen molar-refractivity contribution in [1.29, 1.82) is 0 Å². The maximum absolute atomic E-state index is 12.0. The molecule has 0 nitrogen and oxygen atoms in total. The van der Waals surface area contributed by atoms with Crippen molar-refractivity contribution in [3.8, 4) is 0 Å². The normalized spacial score (nSPS) is 15.0. The highest BCUT2D eigenvalue weighted by Crippen LogP contribution is 2.05. The summed E-state index contributed by atoms with van der Waals surface area (Å²) >= 11 is 0. The van der Waals surface area contributed by atoms with E-state index in [0.29, 0.717) is 12.3 Å². The molecule has 44 valence electrons. The Bertz CT molecular complexity index is 33.4. The topological polar surface area (TPSA) is 0 Å². The zero-order valence-electron chi connectivity index (χ0n) is 5.24. The molecular weight excluding hydrogens is 91.1 g/mol. The van der Waals surface area contributed by atoms with Crippen LogP contribution in [-0.2, 0) is 0 Å². The van der Waals surface area contributed by atoms with E-state index in [1.165, 1.54) is 0 Å². The minimum Gasteiger partial charge on any atom is -0.248 e. The van der Waals surface area contributed by atoms with Crippen LogP contribution in [-0.4, -0.2) is 6.17 Å². The molecule has 1 heteroatoms. The Kier molecular flexibility index (Phi) is 2.97. The van der Waals surface area contributed by atoms with Gasteiger partial charge in [0, 0.05) is 0 Å². The maximum atomic E-state index is 12.0. The highest BCUT2D eigenvalue weighted by molar-refractivity contribution is 4.49. The molecule has 0 spiro atoms. The maximum Gasteiger partial charge on any atom is 0.0976 e. The van der Waals surface area contributed by atoms with E-state index in [2.05, 4.69) is 0 Å². The summed E-state index contributed by atoms with van der Waals surface area (Å²) in [6.07, 6.45) is 0.0694. The minimum atomic E-state index is -0.625. The van der Waals surface area contributed by atoms with E-state index in [-0.39, 0.29) is 0 Å². The van der Waals surface area contributed by atoms with Crippen LogP contribution in [0.25, 0.3) is 0 Å². The van der Waals surface area contributed by atoms with E-state index in [0.717, 1.165) is 0 Å². The molecule has 0 aromatic rings. The summed E-state index contributed by atoms with van der Waals surface area (Å²) in [6, 6.07) is 0. The third kappa shape index (κ3) is 5.93. The Hall–Kier alpha value is -0.0700. The van der Waals surface area contributed by atoms with Gasteiger partial charge in [-0.2, -0.15) is 0 Å². The average molecular weight is 104 g/mol. The lowest BCUT2D eigenvalue weighted by molar-refractivity contribution is 0.306. The molecule has 0 fully saturated rings. The summed E-state index contributed by atoms with van der Waals surface area (Å²) < 4.78 is 12.0. The molecule has 0 bridgehead atoms. The van der Waals surface area contributed by atoms with Gasteiger partial charge < -0.3 is 0 Å². The number of alkyl halides is 1. The van der Waals surface area contributed by atoms with Crippen LogP contribution in [0, 0.1) is 5.92 Å². The van der Waals surface area contributed by atoms with Gasteiger partial charge in [0.25, 0.3) is 0 Å². The van der Waals surface area contributed by atoms with Gasteiger partial charge in [-0.3, -0.25) is 0 Å². The lowest BCUT2D eigenvalue weighted by atomic mass is 10.1. The van der Waals surface area contributed by atoms with E-state index in [1.54, 1.807) is 6.92 Å². The summed E-state index contributed by atoms with van der Waals surface area (Å²) in [6.45, 7) is 5.64. The SMILES string of the molecule is CC(C)C[C@H](C)F. The molecule has 0 rings (SSSR count). The van der Waals surface area contributed by atoms with Crippen LogP contribution >= 0.6 is 0 Å². The van der Waals surface area contributed by atoms with Crippen molar-refractivity contribution >= 4 is 0 Å². The van der Waals surface area contributed by atoms with E-state index in [4.69, 9.17) is 0 Å². The monoisotopic (exact) mass is 104 g/mol. The van der Waals surface area contributed by atoms with Crippen LogP contribution in [0.1, 0.15) is 27.2 Å². The largest absolute Gasteiger partial charge is 0.248 e. The van der Waals surface area contributed by atoms with Crippen LogP contribution in [0.5, 0.6) is 0 Å². The first-order valence-corrected chi connectivity index (χ1v) is 2.77. The first-order chi connectivity index (χ1) is 3.13. The lowest BCUT2D eigenvalue weighted by Crippen LogP contribution is -1.97. The zero-order chi connectivity index (χ0) is 5.86. The Labute approximate surface area is 44.7 Å². The molecule has 0 aliphatic rings. The summed E-state index contributed by atoms with van der Waals surface area (Å²) in [7, 11) is 0. The van der Waals surface area contributed by atoms with Gasteiger partial charge in [-0.15, -0.1) is 0 Å². The van der Waals surface area contributed by atoms with Gasteiger partial charge in [0.05, 0.1) is 6.17 Å². The second-order valence-corrected chi connectivity index (χ2v) is 2.41. The Morgan fingerprint density at radius 2 is 1.71 bits per heavy atom. The fourth-order valence-electron chi connectivity index (χ4n) is 0.650. The molecule has 0 aliphatic heterocycles. The zero-order valence-corrected chi connectivity index (χ0v) is 5.24. The van der Waals surface area contributed by atoms with Gasteiger partial charge in [0.2, 0.25) is 0 Å². The second-order valence-electron chi connectivity index (χ2n) is 2.41. The molecule has 0 unspecified atom stereocenters. The first kappa shape index (κ1) is 6.93. The molecule has 0 amide bonds. The van der Waals surface area contributed by atoms with Crippen LogP contribution in [0.15, 0.2) is 0 Å². The molecule has 0 saturated carbocycles. The minimum absolute atomic E-state index is 0.500. The van der Waals surface area contributed by atoms with Gasteiger partial charge in [-0.05, 0) is 19.3 Å². The molecule has 0 aromatic heterocycles. The molecule has 7 heavy (non-hydrogen) atoms. The quantitative estimate of drug-likeness (QED) is 0.504. The summed E-state index contributed by atoms with van der Waals surface area (Å²) in [5, 5.41) is 0. The molecule has 0 radical (unpaired) electrons. The number of halogens is 1. The Balaban J connectivity index is 2.95. The number of rotatable bonds is 2. The van der Waals surface area contributed by atoms with Gasteiger partial charge in [0.15, 0.2) is 0 Å². The smallest absolute Gasteiger partial charge is 0.0976 e. The predicted octanol–water partition coefficient (Wildman–Crippen LogP) is 2.39. The van der Waals surface area contributed by atoms with Crippen molar-refractivity contribution in [1.82, 2.24) is 0 Å². The van der Waals surface area contributed by atoms with Crippen molar-refractivity contribution in [3.05, 3.63) is 0 Å². The molecule has 0 N–H and O–H groups in total. The fourth-order valence-corrected chi connectivity index (χ4v) is 0.650. The van der Waals surface area contributed by atoms with Gasteiger partial charge in [0.1, 0.15) is 0 Å². The van der Waals surface area contributed by atoms with Crippen molar-refractivity contribution in [2.45, 2.75) is 33.4 Å². The molecule has 0 aliphatic carbocycles. The van der Waals surface area contributed by atoms with Crippen LogP contribution in [0.2, 0.25) is 0 Å². The third-order valence-corrected chi connectivity index (χ3v) is 0.796. The second kappa shape index (κ2) is 3.00. The Morgan fingerprint density at radius 3 is 1.71 bits per heavy atom. The van der Waals surface area contributed by atoms with Crippen molar-refractivity contribution < 1.29 is 4.39 Å². The summed E-state index contributed by atoms with van der Waals surface area (Å²) in [4.78, 5) is 0. The standard InChI is InChI=1S/C6H13F/c1-5(2)4-6(3)7/h5-6H,4H2,1-3H3/t6-/m0/s1. The fraction of sp³-hybridized carbons (Fsp3) is 1.00. The van der Waals surface area contributed by atoms with Gasteiger partial charge >= 0.3 is 0 Å². The lowest BCUT2D eigenvalue weighted by Gasteiger charge is -2.02. The molecule has 1 atom stereocenters. The highest BCUT2D eigenvalue weighted by Gasteiger charge is 1.99. The highest BCUT2D eigenvalue weighted by atomic mass is 19.1. The third-order valence-electron chi connectivity index (χ3n) is 0.796. The Morgan fingerprint density at radius 1 is 1.29 bits per heavy atom. The predicted molar refractivity (Wildman–Crippen MR) is 30.0 cm³/mol. The number of hydrogen-bond donors (Lipinski definition) is 0. The molecule has 0 aromatic carbocycles. The van der Waals surface area contributed by atoms with Crippen LogP contribution in [0.3, 0.4) is 0 Å². The summed E-state index contributed by atoms with van der Waals surface area (Å²) in [5.74, 6) is 0.500. The molecular formula is C6H13F. The van der Waals surface area contributed by atoms with Crippen molar-refractivity contribution in [3.63, 3.8) is 0 Å².